The molecular formula is C9H18OS. The minimum absolute atomic E-state index is 0.830. The Labute approximate surface area is 73.9 Å². The van der Waals surface area contributed by atoms with Gasteiger partial charge < -0.3 is 4.74 Å². The van der Waals surface area contributed by atoms with Gasteiger partial charge in [-0.3, -0.25) is 0 Å². The fourth-order valence-corrected chi connectivity index (χ4v) is 2.18. The molecule has 1 atom stereocenters. The van der Waals surface area contributed by atoms with Crippen molar-refractivity contribution in [1.82, 2.24) is 0 Å². The van der Waals surface area contributed by atoms with Crippen molar-refractivity contribution >= 4 is 11.8 Å². The first-order valence-corrected chi connectivity index (χ1v) is 5.60. The van der Waals surface area contributed by atoms with Gasteiger partial charge in [-0.2, -0.15) is 0 Å². The Morgan fingerprint density at radius 1 is 1.55 bits per heavy atom. The molecule has 0 aromatic carbocycles. The summed E-state index contributed by atoms with van der Waals surface area (Å²) in [4.78, 5) is 0. The summed E-state index contributed by atoms with van der Waals surface area (Å²) < 4.78 is 5.38. The molecule has 0 aliphatic carbocycles. The van der Waals surface area contributed by atoms with Crippen molar-refractivity contribution in [1.29, 1.82) is 0 Å². The highest BCUT2D eigenvalue weighted by Crippen LogP contribution is 2.21. The minimum Gasteiger partial charge on any atom is -0.371 e. The van der Waals surface area contributed by atoms with Crippen LogP contribution in [0.1, 0.15) is 26.7 Å². The largest absolute Gasteiger partial charge is 0.371 e. The lowest BCUT2D eigenvalue weighted by Crippen LogP contribution is -2.18. The molecule has 0 radical (unpaired) electrons. The Hall–Kier alpha value is 0.310. The quantitative estimate of drug-likeness (QED) is 0.650. The Bertz CT molecular complexity index is 97.7. The lowest BCUT2D eigenvalue weighted by atomic mass is 10.00. The van der Waals surface area contributed by atoms with Crippen molar-refractivity contribution in [3.63, 3.8) is 0 Å². The predicted octanol–water partition coefficient (Wildman–Crippen LogP) is 2.76. The van der Waals surface area contributed by atoms with Gasteiger partial charge in [0, 0.05) is 5.75 Å². The molecule has 1 aliphatic rings. The number of thioether (sulfide) groups is 1. The monoisotopic (exact) mass is 174 g/mol. The number of ether oxygens (including phenoxy) is 1. The van der Waals surface area contributed by atoms with E-state index in [2.05, 4.69) is 13.8 Å². The van der Waals surface area contributed by atoms with Crippen molar-refractivity contribution < 1.29 is 4.74 Å². The molecule has 66 valence electrons. The van der Waals surface area contributed by atoms with Crippen LogP contribution in [-0.4, -0.2) is 18.3 Å². The maximum absolute atomic E-state index is 5.38. The molecule has 1 nitrogen and oxygen atoms in total. The lowest BCUT2D eigenvalue weighted by Gasteiger charge is -2.22. The smallest absolute Gasteiger partial charge is 0.0921 e. The van der Waals surface area contributed by atoms with Crippen LogP contribution < -0.4 is 0 Å². The summed E-state index contributed by atoms with van der Waals surface area (Å²) in [5.41, 5.74) is 0. The molecule has 11 heavy (non-hydrogen) atoms. The van der Waals surface area contributed by atoms with Crippen molar-refractivity contribution in [2.45, 2.75) is 26.7 Å². The van der Waals surface area contributed by atoms with E-state index >= 15 is 0 Å². The molecule has 1 fully saturated rings. The molecule has 1 saturated heterocycles. The van der Waals surface area contributed by atoms with Crippen molar-refractivity contribution in [2.24, 2.45) is 11.8 Å². The molecule has 2 heteroatoms. The van der Waals surface area contributed by atoms with Crippen LogP contribution in [0.2, 0.25) is 0 Å². The number of hydrogen-bond donors (Lipinski definition) is 0. The molecule has 0 amide bonds. The van der Waals surface area contributed by atoms with E-state index in [4.69, 9.17) is 4.74 Å². The van der Waals surface area contributed by atoms with E-state index in [1.54, 1.807) is 0 Å². The van der Waals surface area contributed by atoms with Crippen LogP contribution in [-0.2, 0) is 4.74 Å². The van der Waals surface area contributed by atoms with Gasteiger partial charge in [-0.1, -0.05) is 20.3 Å². The zero-order valence-corrected chi connectivity index (χ0v) is 8.32. The Morgan fingerprint density at radius 2 is 2.36 bits per heavy atom. The van der Waals surface area contributed by atoms with E-state index in [-0.39, 0.29) is 0 Å². The summed E-state index contributed by atoms with van der Waals surface area (Å²) in [7, 11) is 0. The fourth-order valence-electron chi connectivity index (χ4n) is 1.27. The summed E-state index contributed by atoms with van der Waals surface area (Å²) in [6.45, 7) is 5.58. The summed E-state index contributed by atoms with van der Waals surface area (Å²) in [5, 5.41) is 0. The standard InChI is InChI=1S/C9H18OS/c1-8(2)3-4-9-5-10-7-11-6-9/h8-9H,3-7H2,1-2H3. The minimum atomic E-state index is 0.830. The molecule has 0 spiro atoms. The van der Waals surface area contributed by atoms with E-state index in [0.717, 1.165) is 24.4 Å². The third-order valence-corrected chi connectivity index (χ3v) is 3.07. The average Bonchev–Trinajstić information content (AvgIpc) is 2.03. The van der Waals surface area contributed by atoms with Gasteiger partial charge >= 0.3 is 0 Å². The predicted molar refractivity (Wildman–Crippen MR) is 50.8 cm³/mol. The van der Waals surface area contributed by atoms with Crippen molar-refractivity contribution in [2.75, 3.05) is 18.3 Å². The van der Waals surface area contributed by atoms with Crippen LogP contribution >= 0.6 is 11.8 Å². The third kappa shape index (κ3) is 4.02. The summed E-state index contributed by atoms with van der Waals surface area (Å²) >= 11 is 1.93. The molecule has 1 aliphatic heterocycles. The van der Waals surface area contributed by atoms with Crippen molar-refractivity contribution in [3.8, 4) is 0 Å². The highest BCUT2D eigenvalue weighted by atomic mass is 32.2. The topological polar surface area (TPSA) is 9.23 Å². The van der Waals surface area contributed by atoms with Gasteiger partial charge in [0.1, 0.15) is 0 Å². The van der Waals surface area contributed by atoms with E-state index < -0.39 is 0 Å². The second kappa shape index (κ2) is 5.04. The zero-order chi connectivity index (χ0) is 8.10. The first kappa shape index (κ1) is 9.40. The van der Waals surface area contributed by atoms with Gasteiger partial charge in [0.25, 0.3) is 0 Å². The molecule has 1 heterocycles. The van der Waals surface area contributed by atoms with Crippen LogP contribution in [0.4, 0.5) is 0 Å². The van der Waals surface area contributed by atoms with E-state index in [1.807, 2.05) is 11.8 Å². The molecule has 0 aromatic heterocycles. The molecule has 0 saturated carbocycles. The fraction of sp³-hybridized carbons (Fsp3) is 1.00. The SMILES string of the molecule is CC(C)CCC1COCSC1. The van der Waals surface area contributed by atoms with Crippen molar-refractivity contribution in [3.05, 3.63) is 0 Å². The summed E-state index contributed by atoms with van der Waals surface area (Å²) in [6, 6.07) is 0. The second-order valence-electron chi connectivity index (χ2n) is 3.70. The lowest BCUT2D eigenvalue weighted by molar-refractivity contribution is 0.131. The molecule has 0 N–H and O–H groups in total. The van der Waals surface area contributed by atoms with Gasteiger partial charge in [0.05, 0.1) is 12.5 Å². The molecule has 1 unspecified atom stereocenters. The van der Waals surface area contributed by atoms with Crippen LogP contribution in [0.25, 0.3) is 0 Å². The maximum Gasteiger partial charge on any atom is 0.0921 e. The summed E-state index contributed by atoms with van der Waals surface area (Å²) in [6.07, 6.45) is 2.71. The van der Waals surface area contributed by atoms with Gasteiger partial charge in [0.15, 0.2) is 0 Å². The highest BCUT2D eigenvalue weighted by Gasteiger charge is 2.13. The molecule has 0 aromatic rings. The van der Waals surface area contributed by atoms with Crippen LogP contribution in [0.3, 0.4) is 0 Å². The molecule has 1 rings (SSSR count). The molecular weight excluding hydrogens is 156 g/mol. The van der Waals surface area contributed by atoms with Gasteiger partial charge in [-0.25, -0.2) is 0 Å². The van der Waals surface area contributed by atoms with Gasteiger partial charge in [-0.05, 0) is 18.3 Å². The first-order chi connectivity index (χ1) is 5.29. The third-order valence-electron chi connectivity index (χ3n) is 2.03. The van der Waals surface area contributed by atoms with E-state index in [0.29, 0.717) is 0 Å². The van der Waals surface area contributed by atoms with Crippen LogP contribution in [0.15, 0.2) is 0 Å². The number of rotatable bonds is 3. The Kier molecular flexibility index (Phi) is 4.31. The van der Waals surface area contributed by atoms with E-state index in [1.165, 1.54) is 18.6 Å². The van der Waals surface area contributed by atoms with Gasteiger partial charge in [-0.15, -0.1) is 11.8 Å². The first-order valence-electron chi connectivity index (χ1n) is 4.44. The second-order valence-corrected chi connectivity index (χ2v) is 4.67. The Morgan fingerprint density at radius 3 is 2.91 bits per heavy atom. The van der Waals surface area contributed by atoms with Gasteiger partial charge in [0.2, 0.25) is 0 Å². The summed E-state index contributed by atoms with van der Waals surface area (Å²) in [5.74, 6) is 3.91. The molecule has 0 bridgehead atoms. The van der Waals surface area contributed by atoms with E-state index in [9.17, 15) is 0 Å². The van der Waals surface area contributed by atoms with Crippen LogP contribution in [0.5, 0.6) is 0 Å². The maximum atomic E-state index is 5.38. The number of hydrogen-bond acceptors (Lipinski definition) is 2. The van der Waals surface area contributed by atoms with Crippen LogP contribution in [0, 0.1) is 11.8 Å². The normalized spacial score (nSPS) is 25.9. The highest BCUT2D eigenvalue weighted by molar-refractivity contribution is 7.99. The zero-order valence-electron chi connectivity index (χ0n) is 7.51. The Balaban J connectivity index is 2.05. The average molecular weight is 174 g/mol.